The summed E-state index contributed by atoms with van der Waals surface area (Å²) in [5, 5.41) is 9.32. The molecule has 1 heterocycles. The van der Waals surface area contributed by atoms with E-state index < -0.39 is 0 Å². The number of nitrogens with zero attached hydrogens (tertiary/aromatic N) is 3. The molecule has 0 saturated carbocycles. The van der Waals surface area contributed by atoms with E-state index in [4.69, 9.17) is 10.5 Å². The first-order valence-corrected chi connectivity index (χ1v) is 6.21. The Morgan fingerprint density at radius 2 is 2.42 bits per heavy atom. The van der Waals surface area contributed by atoms with Crippen molar-refractivity contribution in [3.63, 3.8) is 0 Å². The number of hydrogen-bond donors (Lipinski definition) is 1. The molecule has 2 unspecified atom stereocenters. The monoisotopic (exact) mass is 258 g/mol. The number of nitriles is 1. The molecule has 1 saturated heterocycles. The van der Waals surface area contributed by atoms with Crippen LogP contribution in [-0.4, -0.2) is 50.5 Å². The first kappa shape index (κ1) is 13.5. The fourth-order valence-electron chi connectivity index (χ4n) is 2.41. The van der Waals surface area contributed by atoms with Gasteiger partial charge in [0.2, 0.25) is 0 Å². The number of ether oxygens (including phenoxy) is 1. The van der Waals surface area contributed by atoms with E-state index in [-0.39, 0.29) is 12.1 Å². The predicted octanol–water partition coefficient (Wildman–Crippen LogP) is 0.619. The van der Waals surface area contributed by atoms with E-state index in [1.54, 1.807) is 13.3 Å². The maximum Gasteiger partial charge on any atom is 0.0995 e. The molecule has 0 aromatic rings. The molecule has 2 atom stereocenters. The average molecular weight is 258 g/mol. The lowest BCUT2D eigenvalue weighted by Crippen LogP contribution is -2.48. The molecular weight excluding hydrogens is 240 g/mol. The fourth-order valence-corrected chi connectivity index (χ4v) is 2.41. The number of rotatable bonds is 2. The molecule has 2 aliphatic rings. The number of nitrogens with two attached hydrogens (primary N) is 1. The van der Waals surface area contributed by atoms with E-state index in [0.717, 1.165) is 17.7 Å². The van der Waals surface area contributed by atoms with E-state index >= 15 is 0 Å². The second-order valence-electron chi connectivity index (χ2n) is 4.59. The van der Waals surface area contributed by atoms with Gasteiger partial charge in [-0.1, -0.05) is 0 Å². The average Bonchev–Trinajstić information content (AvgIpc) is 2.44. The summed E-state index contributed by atoms with van der Waals surface area (Å²) in [6.07, 6.45) is 7.01. The van der Waals surface area contributed by atoms with Gasteiger partial charge < -0.3 is 10.5 Å². The van der Waals surface area contributed by atoms with Gasteiger partial charge in [0, 0.05) is 37.2 Å². The van der Waals surface area contributed by atoms with Gasteiger partial charge in [-0.05, 0) is 19.2 Å². The Hall–Kier alpha value is -1.90. The van der Waals surface area contributed by atoms with Crippen LogP contribution in [0.25, 0.3) is 0 Å². The SMILES string of the molecule is CN=CC(=CN)C1=CC2OCCN(C)C2C=C1C#N. The van der Waals surface area contributed by atoms with Crippen LogP contribution in [0.4, 0.5) is 0 Å². The zero-order chi connectivity index (χ0) is 13.8. The van der Waals surface area contributed by atoms with E-state index in [2.05, 4.69) is 16.0 Å². The van der Waals surface area contributed by atoms with Gasteiger partial charge in [0.05, 0.1) is 30.4 Å². The molecule has 0 spiro atoms. The summed E-state index contributed by atoms with van der Waals surface area (Å²) in [6, 6.07) is 2.35. The zero-order valence-electron chi connectivity index (χ0n) is 11.2. The number of likely N-dealkylation sites (N-methyl/N-ethyl adjacent to an activating group) is 1. The third-order valence-electron chi connectivity index (χ3n) is 3.44. The van der Waals surface area contributed by atoms with Gasteiger partial charge in [0.15, 0.2) is 0 Å². The Bertz CT molecular complexity index is 510. The minimum atomic E-state index is -0.0361. The second kappa shape index (κ2) is 5.83. The highest BCUT2D eigenvalue weighted by atomic mass is 16.5. The Morgan fingerprint density at radius 1 is 1.63 bits per heavy atom. The molecule has 19 heavy (non-hydrogen) atoms. The molecule has 1 aliphatic carbocycles. The lowest BCUT2D eigenvalue weighted by molar-refractivity contribution is -0.0211. The Kier molecular flexibility index (Phi) is 4.15. The topological polar surface area (TPSA) is 74.6 Å². The number of morpholine rings is 1. The molecule has 100 valence electrons. The van der Waals surface area contributed by atoms with Crippen molar-refractivity contribution in [1.29, 1.82) is 5.26 Å². The van der Waals surface area contributed by atoms with Crippen LogP contribution in [0.3, 0.4) is 0 Å². The van der Waals surface area contributed by atoms with E-state index in [1.165, 1.54) is 6.20 Å². The van der Waals surface area contributed by atoms with Crippen molar-refractivity contribution >= 4 is 6.21 Å². The van der Waals surface area contributed by atoms with Crippen LogP contribution in [0.5, 0.6) is 0 Å². The third-order valence-corrected chi connectivity index (χ3v) is 3.44. The lowest BCUT2D eigenvalue weighted by Gasteiger charge is -2.38. The molecule has 2 N–H and O–H groups in total. The fraction of sp³-hybridized carbons (Fsp3) is 0.429. The molecule has 0 aromatic carbocycles. The summed E-state index contributed by atoms with van der Waals surface area (Å²) >= 11 is 0. The van der Waals surface area contributed by atoms with Crippen molar-refractivity contribution in [2.75, 3.05) is 27.2 Å². The largest absolute Gasteiger partial charge is 0.404 e. The molecule has 5 nitrogen and oxygen atoms in total. The molecule has 0 bridgehead atoms. The maximum absolute atomic E-state index is 9.32. The van der Waals surface area contributed by atoms with Gasteiger partial charge in [0.1, 0.15) is 0 Å². The smallest absolute Gasteiger partial charge is 0.0995 e. The molecule has 0 aromatic heterocycles. The highest BCUT2D eigenvalue weighted by Gasteiger charge is 2.32. The number of fused-ring (bicyclic) bond motifs is 1. The third kappa shape index (κ3) is 2.60. The minimum Gasteiger partial charge on any atom is -0.404 e. The minimum absolute atomic E-state index is 0.0361. The van der Waals surface area contributed by atoms with Crippen LogP contribution in [0.15, 0.2) is 40.1 Å². The maximum atomic E-state index is 9.32. The first-order chi connectivity index (χ1) is 9.21. The molecular formula is C14H18N4O. The van der Waals surface area contributed by atoms with Crippen molar-refractivity contribution in [2.45, 2.75) is 12.1 Å². The molecule has 1 aliphatic heterocycles. The lowest BCUT2D eigenvalue weighted by atomic mass is 9.88. The first-order valence-electron chi connectivity index (χ1n) is 6.21. The molecule has 0 amide bonds. The number of allylic oxidation sites excluding steroid dienone is 3. The summed E-state index contributed by atoms with van der Waals surface area (Å²) in [6.45, 7) is 1.57. The van der Waals surface area contributed by atoms with Gasteiger partial charge >= 0.3 is 0 Å². The summed E-state index contributed by atoms with van der Waals surface area (Å²) < 4.78 is 5.76. The van der Waals surface area contributed by atoms with Gasteiger partial charge in [-0.2, -0.15) is 5.26 Å². The normalized spacial score (nSPS) is 28.6. The Morgan fingerprint density at radius 3 is 3.05 bits per heavy atom. The molecule has 1 fully saturated rings. The summed E-state index contributed by atoms with van der Waals surface area (Å²) in [5.41, 5.74) is 7.78. The summed E-state index contributed by atoms with van der Waals surface area (Å²) in [4.78, 5) is 6.16. The highest BCUT2D eigenvalue weighted by Crippen LogP contribution is 2.29. The van der Waals surface area contributed by atoms with Gasteiger partial charge in [0.25, 0.3) is 0 Å². The second-order valence-corrected chi connectivity index (χ2v) is 4.59. The van der Waals surface area contributed by atoms with Crippen LogP contribution in [0.1, 0.15) is 0 Å². The Labute approximate surface area is 113 Å². The van der Waals surface area contributed by atoms with Crippen LogP contribution in [0.2, 0.25) is 0 Å². The molecule has 2 rings (SSSR count). The standard InChI is InChI=1S/C14H18N4O/c1-17-9-11(8-16)12-6-14-13(5-10(12)7-15)18(2)3-4-19-14/h5-6,8-9,13-14H,3-4,16H2,1-2H3. The van der Waals surface area contributed by atoms with E-state index in [1.807, 2.05) is 19.2 Å². The van der Waals surface area contributed by atoms with Crippen LogP contribution in [-0.2, 0) is 4.74 Å². The Balaban J connectivity index is 2.39. The van der Waals surface area contributed by atoms with Gasteiger partial charge in [-0.3, -0.25) is 9.89 Å². The van der Waals surface area contributed by atoms with Crippen LogP contribution < -0.4 is 5.73 Å². The molecule has 0 radical (unpaired) electrons. The highest BCUT2D eigenvalue weighted by molar-refractivity contribution is 5.87. The van der Waals surface area contributed by atoms with E-state index in [0.29, 0.717) is 12.2 Å². The van der Waals surface area contributed by atoms with Crippen molar-refractivity contribution in [1.82, 2.24) is 4.90 Å². The van der Waals surface area contributed by atoms with Gasteiger partial charge in [-0.25, -0.2) is 0 Å². The quantitative estimate of drug-likeness (QED) is 0.737. The van der Waals surface area contributed by atoms with Crippen molar-refractivity contribution in [3.05, 3.63) is 35.1 Å². The predicted molar refractivity (Wildman–Crippen MR) is 74.6 cm³/mol. The van der Waals surface area contributed by atoms with Crippen molar-refractivity contribution < 1.29 is 4.74 Å². The zero-order valence-corrected chi connectivity index (χ0v) is 11.2. The number of aliphatic imine (C=N–C) groups is 1. The van der Waals surface area contributed by atoms with Crippen molar-refractivity contribution in [3.8, 4) is 6.07 Å². The van der Waals surface area contributed by atoms with Gasteiger partial charge in [-0.15, -0.1) is 0 Å². The number of hydrogen-bond acceptors (Lipinski definition) is 5. The summed E-state index contributed by atoms with van der Waals surface area (Å²) in [7, 11) is 3.72. The van der Waals surface area contributed by atoms with Crippen LogP contribution in [0, 0.1) is 11.3 Å². The summed E-state index contributed by atoms with van der Waals surface area (Å²) in [5.74, 6) is 0. The van der Waals surface area contributed by atoms with Crippen molar-refractivity contribution in [2.24, 2.45) is 10.7 Å². The molecule has 5 heteroatoms. The van der Waals surface area contributed by atoms with E-state index in [9.17, 15) is 5.26 Å². The van der Waals surface area contributed by atoms with Crippen LogP contribution >= 0.6 is 0 Å².